The Morgan fingerprint density at radius 3 is 2.06 bits per heavy atom. The second-order valence-electron chi connectivity index (χ2n) is 8.05. The van der Waals surface area contributed by atoms with Crippen LogP contribution in [0.1, 0.15) is 35.4 Å². The number of anilines is 2. The molecule has 0 spiro atoms. The molecule has 0 radical (unpaired) electrons. The van der Waals surface area contributed by atoms with Crippen molar-refractivity contribution in [3.8, 4) is 5.75 Å². The van der Waals surface area contributed by atoms with Gasteiger partial charge in [0.15, 0.2) is 5.78 Å². The van der Waals surface area contributed by atoms with Gasteiger partial charge in [-0.15, -0.1) is 0 Å². The summed E-state index contributed by atoms with van der Waals surface area (Å²) in [4.78, 5) is 15.1. The predicted molar refractivity (Wildman–Crippen MR) is 126 cm³/mol. The molecule has 1 unspecified atom stereocenters. The quantitative estimate of drug-likeness (QED) is 0.562. The Morgan fingerprint density at radius 1 is 0.935 bits per heavy atom. The molecule has 4 nitrogen and oxygen atoms in total. The predicted octanol–water partition coefficient (Wildman–Crippen LogP) is 5.02. The molecule has 3 aromatic rings. The molecular weight excluding hydrogens is 384 g/mol. The molecule has 0 saturated carbocycles. The first kappa shape index (κ1) is 21.1. The SMILES string of the molecule is COc1ccc(C(CCCN2c3ccccc3CCc3ccccc32)C(=O)CN)cc1. The minimum absolute atomic E-state index is 0.0616. The maximum atomic E-state index is 12.6. The zero-order chi connectivity index (χ0) is 21.6. The smallest absolute Gasteiger partial charge is 0.153 e. The van der Waals surface area contributed by atoms with Crippen molar-refractivity contribution in [2.75, 3.05) is 25.1 Å². The molecular formula is C27H30N2O2. The lowest BCUT2D eigenvalue weighted by Crippen LogP contribution is -2.24. The summed E-state index contributed by atoms with van der Waals surface area (Å²) in [5.41, 5.74) is 12.1. The molecule has 0 amide bonds. The van der Waals surface area contributed by atoms with E-state index in [0.29, 0.717) is 0 Å². The molecule has 1 heterocycles. The summed E-state index contributed by atoms with van der Waals surface area (Å²) in [7, 11) is 1.65. The summed E-state index contributed by atoms with van der Waals surface area (Å²) in [6, 6.07) is 25.1. The van der Waals surface area contributed by atoms with Gasteiger partial charge in [-0.05, 0) is 66.6 Å². The fraction of sp³-hybridized carbons (Fsp3) is 0.296. The summed E-state index contributed by atoms with van der Waals surface area (Å²) < 4.78 is 5.26. The Labute approximate surface area is 184 Å². The average molecular weight is 415 g/mol. The number of nitrogens with two attached hydrogens (primary N) is 1. The van der Waals surface area contributed by atoms with E-state index in [2.05, 4.69) is 53.4 Å². The normalized spacial score (nSPS) is 13.7. The van der Waals surface area contributed by atoms with E-state index in [4.69, 9.17) is 10.5 Å². The van der Waals surface area contributed by atoms with E-state index in [-0.39, 0.29) is 18.2 Å². The van der Waals surface area contributed by atoms with Gasteiger partial charge in [0.1, 0.15) is 5.75 Å². The number of carbonyl (C=O) groups is 1. The molecule has 4 heteroatoms. The molecule has 1 atom stereocenters. The number of fused-ring (bicyclic) bond motifs is 2. The Kier molecular flexibility index (Phi) is 6.68. The van der Waals surface area contributed by atoms with E-state index < -0.39 is 0 Å². The molecule has 0 saturated heterocycles. The Morgan fingerprint density at radius 2 is 1.52 bits per heavy atom. The number of rotatable bonds is 8. The van der Waals surface area contributed by atoms with Crippen LogP contribution in [0.2, 0.25) is 0 Å². The maximum absolute atomic E-state index is 12.6. The van der Waals surface area contributed by atoms with Crippen LogP contribution in [0, 0.1) is 0 Å². The van der Waals surface area contributed by atoms with Crippen LogP contribution in [0.4, 0.5) is 11.4 Å². The van der Waals surface area contributed by atoms with Gasteiger partial charge < -0.3 is 15.4 Å². The first-order valence-corrected chi connectivity index (χ1v) is 11.0. The summed E-state index contributed by atoms with van der Waals surface area (Å²) in [5.74, 6) is 0.690. The number of Topliss-reactive ketones (excluding diaryl/α,β-unsaturated/α-hetero) is 1. The number of hydrogen-bond donors (Lipinski definition) is 1. The van der Waals surface area contributed by atoms with Crippen LogP contribution >= 0.6 is 0 Å². The van der Waals surface area contributed by atoms with Crippen LogP contribution in [0.3, 0.4) is 0 Å². The van der Waals surface area contributed by atoms with Crippen molar-refractivity contribution >= 4 is 17.2 Å². The maximum Gasteiger partial charge on any atom is 0.153 e. The van der Waals surface area contributed by atoms with Crippen molar-refractivity contribution in [1.82, 2.24) is 0 Å². The first-order valence-electron chi connectivity index (χ1n) is 11.0. The third kappa shape index (κ3) is 4.64. The van der Waals surface area contributed by atoms with Gasteiger partial charge in [0.25, 0.3) is 0 Å². The number of para-hydroxylation sites is 2. The van der Waals surface area contributed by atoms with E-state index in [0.717, 1.165) is 43.5 Å². The number of ether oxygens (including phenoxy) is 1. The van der Waals surface area contributed by atoms with Gasteiger partial charge in [-0.2, -0.15) is 0 Å². The van der Waals surface area contributed by atoms with Gasteiger partial charge in [0.2, 0.25) is 0 Å². The van der Waals surface area contributed by atoms with Crippen LogP contribution in [0.25, 0.3) is 0 Å². The Hall–Kier alpha value is -3.11. The lowest BCUT2D eigenvalue weighted by atomic mass is 9.90. The van der Waals surface area contributed by atoms with E-state index in [1.807, 2.05) is 24.3 Å². The zero-order valence-electron chi connectivity index (χ0n) is 18.1. The minimum atomic E-state index is -0.187. The van der Waals surface area contributed by atoms with Crippen LogP contribution in [0.5, 0.6) is 5.75 Å². The molecule has 160 valence electrons. The summed E-state index contributed by atoms with van der Waals surface area (Å²) >= 11 is 0. The molecule has 0 bridgehead atoms. The third-order valence-electron chi connectivity index (χ3n) is 6.21. The van der Waals surface area contributed by atoms with Crippen molar-refractivity contribution in [2.24, 2.45) is 5.73 Å². The van der Waals surface area contributed by atoms with Crippen LogP contribution in [0.15, 0.2) is 72.8 Å². The summed E-state index contributed by atoms with van der Waals surface area (Å²) in [6.45, 7) is 0.921. The molecule has 1 aliphatic rings. The first-order chi connectivity index (χ1) is 15.2. The minimum Gasteiger partial charge on any atom is -0.497 e. The lowest BCUT2D eigenvalue weighted by molar-refractivity contribution is -0.119. The fourth-order valence-electron chi connectivity index (χ4n) is 4.56. The molecule has 0 aliphatic carbocycles. The lowest BCUT2D eigenvalue weighted by Gasteiger charge is -2.28. The van der Waals surface area contributed by atoms with Crippen LogP contribution in [-0.2, 0) is 17.6 Å². The summed E-state index contributed by atoms with van der Waals surface area (Å²) in [6.07, 6.45) is 3.75. The number of aryl methyl sites for hydroxylation is 2. The summed E-state index contributed by atoms with van der Waals surface area (Å²) in [5, 5.41) is 0. The zero-order valence-corrected chi connectivity index (χ0v) is 18.1. The van der Waals surface area contributed by atoms with Gasteiger partial charge in [-0.3, -0.25) is 4.79 Å². The highest BCUT2D eigenvalue weighted by atomic mass is 16.5. The average Bonchev–Trinajstić information content (AvgIpc) is 2.99. The third-order valence-corrected chi connectivity index (χ3v) is 6.21. The second-order valence-corrected chi connectivity index (χ2v) is 8.05. The molecule has 2 N–H and O–H groups in total. The van der Waals surface area contributed by atoms with Gasteiger partial charge in [0.05, 0.1) is 13.7 Å². The highest BCUT2D eigenvalue weighted by molar-refractivity contribution is 5.87. The second kappa shape index (κ2) is 9.80. The number of carbonyl (C=O) groups excluding carboxylic acids is 1. The highest BCUT2D eigenvalue weighted by Crippen LogP contribution is 2.36. The van der Waals surface area contributed by atoms with Gasteiger partial charge >= 0.3 is 0 Å². The standard InChI is InChI=1S/C27H30N2O2/c1-31-23-16-14-20(15-17-23)24(27(30)19-28)9-6-18-29-25-10-4-2-7-21(25)12-13-22-8-3-5-11-26(22)29/h2-5,7-8,10-11,14-17,24H,6,9,12-13,18-19,28H2,1H3. The van der Waals surface area contributed by atoms with Crippen molar-refractivity contribution in [1.29, 1.82) is 0 Å². The van der Waals surface area contributed by atoms with Crippen LogP contribution < -0.4 is 15.4 Å². The van der Waals surface area contributed by atoms with Crippen molar-refractivity contribution in [2.45, 2.75) is 31.6 Å². The molecule has 31 heavy (non-hydrogen) atoms. The topological polar surface area (TPSA) is 55.6 Å². The highest BCUT2D eigenvalue weighted by Gasteiger charge is 2.22. The number of benzene rings is 3. The molecule has 1 aliphatic heterocycles. The Balaban J connectivity index is 1.55. The van der Waals surface area contributed by atoms with E-state index in [1.54, 1.807) is 7.11 Å². The van der Waals surface area contributed by atoms with Crippen molar-refractivity contribution in [3.05, 3.63) is 89.5 Å². The van der Waals surface area contributed by atoms with E-state index >= 15 is 0 Å². The Bertz CT molecular complexity index is 982. The number of hydrogen-bond acceptors (Lipinski definition) is 4. The largest absolute Gasteiger partial charge is 0.497 e. The molecule has 3 aromatic carbocycles. The number of methoxy groups -OCH3 is 1. The van der Waals surface area contributed by atoms with Gasteiger partial charge in [0, 0.05) is 23.8 Å². The van der Waals surface area contributed by atoms with E-state index in [1.165, 1.54) is 22.5 Å². The van der Waals surface area contributed by atoms with Gasteiger partial charge in [-0.25, -0.2) is 0 Å². The van der Waals surface area contributed by atoms with E-state index in [9.17, 15) is 4.79 Å². The molecule has 0 fully saturated rings. The monoisotopic (exact) mass is 414 g/mol. The number of ketones is 1. The number of nitrogens with zero attached hydrogens (tertiary/aromatic N) is 1. The fourth-order valence-corrected chi connectivity index (χ4v) is 4.56. The van der Waals surface area contributed by atoms with Crippen LogP contribution in [-0.4, -0.2) is 26.0 Å². The molecule has 4 rings (SSSR count). The molecule has 0 aromatic heterocycles. The van der Waals surface area contributed by atoms with Gasteiger partial charge in [-0.1, -0.05) is 48.5 Å². The van der Waals surface area contributed by atoms with Crippen molar-refractivity contribution in [3.63, 3.8) is 0 Å². The van der Waals surface area contributed by atoms with Crippen molar-refractivity contribution < 1.29 is 9.53 Å².